The van der Waals surface area contributed by atoms with Crippen LogP contribution in [0.25, 0.3) is 0 Å². The van der Waals surface area contributed by atoms with Crippen molar-refractivity contribution in [3.63, 3.8) is 0 Å². The molecule has 0 spiro atoms. The van der Waals surface area contributed by atoms with Crippen molar-refractivity contribution in [2.24, 2.45) is 0 Å². The number of nitrogens with zero attached hydrogens (tertiary/aromatic N) is 2. The lowest BCUT2D eigenvalue weighted by Gasteiger charge is -2.23. The number of rotatable bonds is 5. The van der Waals surface area contributed by atoms with Crippen LogP contribution in [0, 0.1) is 10.1 Å². The van der Waals surface area contributed by atoms with Crippen LogP contribution in [0.5, 0.6) is 5.75 Å². The summed E-state index contributed by atoms with van der Waals surface area (Å²) in [6.07, 6.45) is 1.12. The van der Waals surface area contributed by atoms with Crippen LogP contribution in [0.2, 0.25) is 0 Å². The zero-order chi connectivity index (χ0) is 13.8. The van der Waals surface area contributed by atoms with Crippen LogP contribution in [0.1, 0.15) is 12.0 Å². The Kier molecular flexibility index (Phi) is 6.19. The first-order chi connectivity index (χ1) is 9.11. The van der Waals surface area contributed by atoms with E-state index in [1.54, 1.807) is 12.1 Å². The molecular formula is C13H20ClN3O3. The first kappa shape index (κ1) is 16.7. The number of hydrogen-bond donors (Lipinski definition) is 1. The smallest absolute Gasteiger partial charge is 0.311 e. The quantitative estimate of drug-likeness (QED) is 0.664. The highest BCUT2D eigenvalue weighted by Crippen LogP contribution is 2.28. The van der Waals surface area contributed by atoms with Gasteiger partial charge in [0.25, 0.3) is 0 Å². The highest BCUT2D eigenvalue weighted by molar-refractivity contribution is 5.85. The molecule has 1 atom stereocenters. The van der Waals surface area contributed by atoms with E-state index < -0.39 is 4.92 Å². The summed E-state index contributed by atoms with van der Waals surface area (Å²) in [4.78, 5) is 12.8. The molecule has 0 saturated carbocycles. The van der Waals surface area contributed by atoms with Gasteiger partial charge in [0.2, 0.25) is 0 Å². The number of methoxy groups -OCH3 is 1. The first-order valence-electron chi connectivity index (χ1n) is 6.34. The zero-order valence-electron chi connectivity index (χ0n) is 11.7. The average molecular weight is 302 g/mol. The minimum atomic E-state index is -0.403. The topological polar surface area (TPSA) is 67.6 Å². The molecule has 1 aromatic rings. The van der Waals surface area contributed by atoms with Crippen LogP contribution in [0.3, 0.4) is 0 Å². The molecule has 1 aromatic carbocycles. The summed E-state index contributed by atoms with van der Waals surface area (Å²) >= 11 is 0. The van der Waals surface area contributed by atoms with E-state index in [0.717, 1.165) is 25.1 Å². The predicted molar refractivity (Wildman–Crippen MR) is 79.6 cm³/mol. The Labute approximate surface area is 124 Å². The molecule has 1 unspecified atom stereocenters. The van der Waals surface area contributed by atoms with E-state index >= 15 is 0 Å². The molecule has 1 aliphatic heterocycles. The van der Waals surface area contributed by atoms with Gasteiger partial charge < -0.3 is 10.1 Å². The first-order valence-corrected chi connectivity index (χ1v) is 6.34. The Morgan fingerprint density at radius 1 is 1.55 bits per heavy atom. The van der Waals surface area contributed by atoms with Crippen LogP contribution in [-0.2, 0) is 6.54 Å². The van der Waals surface area contributed by atoms with Crippen molar-refractivity contribution >= 4 is 18.1 Å². The van der Waals surface area contributed by atoms with Crippen LogP contribution >= 0.6 is 12.4 Å². The molecule has 0 radical (unpaired) electrons. The lowest BCUT2D eigenvalue weighted by Crippen LogP contribution is -2.32. The van der Waals surface area contributed by atoms with Crippen LogP contribution in [-0.4, -0.2) is 43.1 Å². The van der Waals surface area contributed by atoms with Gasteiger partial charge in [0.15, 0.2) is 5.75 Å². The minimum Gasteiger partial charge on any atom is -0.490 e. The fraction of sp³-hybridized carbons (Fsp3) is 0.538. The van der Waals surface area contributed by atoms with E-state index in [-0.39, 0.29) is 18.1 Å². The van der Waals surface area contributed by atoms with E-state index in [1.165, 1.54) is 7.11 Å². The van der Waals surface area contributed by atoms with Crippen molar-refractivity contribution in [3.05, 3.63) is 33.9 Å². The molecule has 1 saturated heterocycles. The lowest BCUT2D eigenvalue weighted by atomic mass is 10.1. The van der Waals surface area contributed by atoms with Crippen molar-refractivity contribution in [1.29, 1.82) is 0 Å². The number of ether oxygens (including phenoxy) is 1. The third-order valence-electron chi connectivity index (χ3n) is 3.53. The van der Waals surface area contributed by atoms with Gasteiger partial charge in [-0.15, -0.1) is 12.4 Å². The van der Waals surface area contributed by atoms with E-state index in [4.69, 9.17) is 4.74 Å². The Hall–Kier alpha value is -1.37. The summed E-state index contributed by atoms with van der Waals surface area (Å²) in [6, 6.07) is 5.64. The number of nitro benzene ring substituents is 1. The maximum absolute atomic E-state index is 11.0. The van der Waals surface area contributed by atoms with Crippen LogP contribution in [0.4, 0.5) is 5.69 Å². The van der Waals surface area contributed by atoms with Crippen molar-refractivity contribution < 1.29 is 9.66 Å². The Morgan fingerprint density at radius 3 is 2.85 bits per heavy atom. The van der Waals surface area contributed by atoms with Gasteiger partial charge in [-0.25, -0.2) is 0 Å². The van der Waals surface area contributed by atoms with Gasteiger partial charge in [-0.1, -0.05) is 6.07 Å². The van der Waals surface area contributed by atoms with Crippen molar-refractivity contribution in [3.8, 4) is 5.75 Å². The van der Waals surface area contributed by atoms with Crippen molar-refractivity contribution in [2.45, 2.75) is 19.0 Å². The molecule has 2 rings (SSSR count). The standard InChI is InChI=1S/C13H19N3O3.ClH/c1-15(11-5-6-14-8-11)9-10-3-4-13(19-2)12(7-10)16(17)18;/h3-4,7,11,14H,5-6,8-9H2,1-2H3;1H. The zero-order valence-corrected chi connectivity index (χ0v) is 12.5. The van der Waals surface area contributed by atoms with Gasteiger partial charge in [0.1, 0.15) is 0 Å². The molecule has 0 aromatic heterocycles. The van der Waals surface area contributed by atoms with Gasteiger partial charge in [-0.05, 0) is 31.6 Å². The fourth-order valence-electron chi connectivity index (χ4n) is 2.41. The number of benzene rings is 1. The fourth-order valence-corrected chi connectivity index (χ4v) is 2.41. The molecule has 0 amide bonds. The average Bonchev–Trinajstić information content (AvgIpc) is 2.92. The minimum absolute atomic E-state index is 0. The van der Waals surface area contributed by atoms with Gasteiger partial charge in [-0.2, -0.15) is 0 Å². The molecule has 6 nitrogen and oxygen atoms in total. The van der Waals surface area contributed by atoms with E-state index in [0.29, 0.717) is 18.3 Å². The molecule has 112 valence electrons. The van der Waals surface area contributed by atoms with Gasteiger partial charge >= 0.3 is 5.69 Å². The summed E-state index contributed by atoms with van der Waals surface area (Å²) in [5.74, 6) is 0.305. The van der Waals surface area contributed by atoms with Crippen molar-refractivity contribution in [2.75, 3.05) is 27.2 Å². The lowest BCUT2D eigenvalue weighted by molar-refractivity contribution is -0.385. The molecule has 0 aliphatic carbocycles. The van der Waals surface area contributed by atoms with E-state index in [2.05, 4.69) is 10.2 Å². The Bertz CT molecular complexity index is 464. The van der Waals surface area contributed by atoms with Gasteiger partial charge in [0.05, 0.1) is 12.0 Å². The van der Waals surface area contributed by atoms with Gasteiger partial charge in [0, 0.05) is 25.2 Å². The van der Waals surface area contributed by atoms with Gasteiger partial charge in [-0.3, -0.25) is 15.0 Å². The largest absolute Gasteiger partial charge is 0.490 e. The summed E-state index contributed by atoms with van der Waals surface area (Å²) < 4.78 is 5.00. The summed E-state index contributed by atoms with van der Waals surface area (Å²) in [7, 11) is 3.49. The SMILES string of the molecule is COc1ccc(CN(C)C2CCNC2)cc1[N+](=O)[O-].Cl. The number of nitro groups is 1. The molecular weight excluding hydrogens is 282 g/mol. The highest BCUT2D eigenvalue weighted by atomic mass is 35.5. The molecule has 0 bridgehead atoms. The molecule has 1 aliphatic rings. The van der Waals surface area contributed by atoms with E-state index in [1.807, 2.05) is 13.1 Å². The molecule has 20 heavy (non-hydrogen) atoms. The number of nitrogens with one attached hydrogen (secondary N) is 1. The summed E-state index contributed by atoms with van der Waals surface area (Å²) in [5.41, 5.74) is 0.958. The maximum Gasteiger partial charge on any atom is 0.311 e. The van der Waals surface area contributed by atoms with Crippen LogP contribution < -0.4 is 10.1 Å². The highest BCUT2D eigenvalue weighted by Gasteiger charge is 2.21. The second kappa shape index (κ2) is 7.42. The normalized spacial score (nSPS) is 17.9. The summed E-state index contributed by atoms with van der Waals surface area (Å²) in [5, 5.41) is 14.3. The third kappa shape index (κ3) is 3.82. The van der Waals surface area contributed by atoms with Crippen molar-refractivity contribution in [1.82, 2.24) is 10.2 Å². The number of hydrogen-bond acceptors (Lipinski definition) is 5. The predicted octanol–water partition coefficient (Wildman–Crippen LogP) is 1.82. The Balaban J connectivity index is 0.00000200. The maximum atomic E-state index is 11.0. The molecule has 1 heterocycles. The van der Waals surface area contributed by atoms with E-state index in [9.17, 15) is 10.1 Å². The number of halogens is 1. The molecule has 1 fully saturated rings. The second-order valence-electron chi connectivity index (χ2n) is 4.83. The molecule has 1 N–H and O–H groups in total. The second-order valence-corrected chi connectivity index (χ2v) is 4.83. The third-order valence-corrected chi connectivity index (χ3v) is 3.53. The number of likely N-dealkylation sites (N-methyl/N-ethyl adjacent to an activating group) is 1. The Morgan fingerprint density at radius 2 is 2.30 bits per heavy atom. The monoisotopic (exact) mass is 301 g/mol. The van der Waals surface area contributed by atoms with Crippen LogP contribution in [0.15, 0.2) is 18.2 Å². The molecule has 7 heteroatoms. The summed E-state index contributed by atoms with van der Waals surface area (Å²) in [6.45, 7) is 2.73.